The van der Waals surface area contributed by atoms with Crippen molar-refractivity contribution in [3.63, 3.8) is 0 Å². The largest absolute Gasteiger partial charge is 0.416 e. The van der Waals surface area contributed by atoms with Gasteiger partial charge in [0, 0.05) is 30.4 Å². The van der Waals surface area contributed by atoms with Crippen LogP contribution in [0.15, 0.2) is 30.6 Å². The van der Waals surface area contributed by atoms with Crippen molar-refractivity contribution in [3.8, 4) is 11.4 Å². The fraction of sp³-hybridized carbons (Fsp3) is 0.409. The summed E-state index contributed by atoms with van der Waals surface area (Å²) in [6.45, 7) is 0.160. The molecule has 0 spiro atoms. The van der Waals surface area contributed by atoms with Gasteiger partial charge < -0.3 is 20.7 Å². The second-order valence-electron chi connectivity index (χ2n) is 8.65. The SMILES string of the molecule is O=C(NC1(C(F)(F)F)COC1)c1ccn2c(-c3nc(NC4CCCNC4)c(F)cc3F)cnc2c1. The minimum absolute atomic E-state index is 0.0617. The Balaban J connectivity index is 1.42. The van der Waals surface area contributed by atoms with Crippen LogP contribution in [0.5, 0.6) is 0 Å². The van der Waals surface area contributed by atoms with E-state index in [1.807, 2.05) is 5.32 Å². The summed E-state index contributed by atoms with van der Waals surface area (Å²) in [6, 6.07) is 3.23. The van der Waals surface area contributed by atoms with Crippen molar-refractivity contribution in [2.45, 2.75) is 30.6 Å². The first-order valence-electron chi connectivity index (χ1n) is 10.9. The zero-order chi connectivity index (χ0) is 24.8. The number of pyridine rings is 2. The molecule has 1 unspecified atom stereocenters. The van der Waals surface area contributed by atoms with Crippen LogP contribution in [-0.4, -0.2) is 64.3 Å². The molecule has 2 aliphatic rings. The highest BCUT2D eigenvalue weighted by Gasteiger charge is 2.61. The Morgan fingerprint density at radius 1 is 1.23 bits per heavy atom. The molecule has 3 aromatic rings. The molecular formula is C22H21F5N6O2. The molecule has 186 valence electrons. The van der Waals surface area contributed by atoms with Gasteiger partial charge in [-0.2, -0.15) is 13.2 Å². The summed E-state index contributed by atoms with van der Waals surface area (Å²) in [5.41, 5.74) is -2.30. The fourth-order valence-electron chi connectivity index (χ4n) is 4.12. The van der Waals surface area contributed by atoms with Gasteiger partial charge in [-0.25, -0.2) is 18.7 Å². The number of anilines is 1. The molecule has 13 heteroatoms. The fourth-order valence-corrected chi connectivity index (χ4v) is 4.12. The average Bonchev–Trinajstić information content (AvgIpc) is 3.21. The minimum Gasteiger partial charge on any atom is -0.376 e. The van der Waals surface area contributed by atoms with E-state index < -0.39 is 42.5 Å². The van der Waals surface area contributed by atoms with E-state index in [4.69, 9.17) is 0 Å². The third-order valence-electron chi connectivity index (χ3n) is 6.18. The molecule has 3 aromatic heterocycles. The molecular weight excluding hydrogens is 475 g/mol. The van der Waals surface area contributed by atoms with Gasteiger partial charge in [-0.05, 0) is 31.5 Å². The Morgan fingerprint density at radius 3 is 2.69 bits per heavy atom. The highest BCUT2D eigenvalue weighted by molar-refractivity contribution is 5.95. The lowest BCUT2D eigenvalue weighted by Crippen LogP contribution is -2.70. The summed E-state index contributed by atoms with van der Waals surface area (Å²) in [7, 11) is 0. The third kappa shape index (κ3) is 4.29. The van der Waals surface area contributed by atoms with Crippen LogP contribution in [0, 0.1) is 11.6 Å². The molecule has 1 atom stereocenters. The molecule has 2 aliphatic heterocycles. The maximum absolute atomic E-state index is 14.7. The molecule has 2 saturated heterocycles. The van der Waals surface area contributed by atoms with Gasteiger partial charge in [0.15, 0.2) is 23.0 Å². The number of piperidine rings is 1. The first-order valence-corrected chi connectivity index (χ1v) is 10.9. The van der Waals surface area contributed by atoms with E-state index in [-0.39, 0.29) is 34.5 Å². The number of nitrogens with one attached hydrogen (secondary N) is 3. The Morgan fingerprint density at radius 2 is 2.03 bits per heavy atom. The summed E-state index contributed by atoms with van der Waals surface area (Å²) in [4.78, 5) is 20.8. The number of nitrogens with zero attached hydrogens (tertiary/aromatic N) is 3. The van der Waals surface area contributed by atoms with Gasteiger partial charge in [-0.15, -0.1) is 0 Å². The van der Waals surface area contributed by atoms with Gasteiger partial charge in [0.1, 0.15) is 11.3 Å². The lowest BCUT2D eigenvalue weighted by Gasteiger charge is -2.42. The minimum atomic E-state index is -4.67. The standard InChI is InChI=1S/C22H21F5N6O2/c23-14-7-15(24)19(30-13-2-1-4-28-8-13)31-18(14)16-9-29-17-6-12(3-5-33(16)17)20(34)32-21(10-35-11-21)22(25,26)27/h3,5-7,9,13,28H,1-2,4,8,10-11H2,(H,30,31)(H,32,34). The highest BCUT2D eigenvalue weighted by atomic mass is 19.4. The first kappa shape index (κ1) is 23.4. The first-order chi connectivity index (χ1) is 16.7. The number of aromatic nitrogens is 3. The number of hydrogen-bond acceptors (Lipinski definition) is 6. The van der Waals surface area contributed by atoms with E-state index in [0.717, 1.165) is 25.5 Å². The van der Waals surface area contributed by atoms with Crippen molar-refractivity contribution in [2.24, 2.45) is 0 Å². The molecule has 0 bridgehead atoms. The monoisotopic (exact) mass is 496 g/mol. The van der Waals surface area contributed by atoms with Crippen LogP contribution in [0.4, 0.5) is 27.8 Å². The summed E-state index contributed by atoms with van der Waals surface area (Å²) in [5, 5.41) is 8.19. The second-order valence-corrected chi connectivity index (χ2v) is 8.65. The van der Waals surface area contributed by atoms with Crippen molar-refractivity contribution in [1.29, 1.82) is 0 Å². The van der Waals surface area contributed by atoms with Crippen molar-refractivity contribution < 1.29 is 31.5 Å². The molecule has 0 aromatic carbocycles. The van der Waals surface area contributed by atoms with Crippen molar-refractivity contribution >= 4 is 17.4 Å². The maximum atomic E-state index is 14.7. The molecule has 2 fully saturated rings. The molecule has 35 heavy (non-hydrogen) atoms. The topological polar surface area (TPSA) is 92.6 Å². The number of carbonyl (C=O) groups excluding carboxylic acids is 1. The van der Waals surface area contributed by atoms with Crippen molar-refractivity contribution in [1.82, 2.24) is 25.0 Å². The van der Waals surface area contributed by atoms with E-state index in [1.165, 1.54) is 28.9 Å². The zero-order valence-electron chi connectivity index (χ0n) is 18.3. The molecule has 1 amide bonds. The van der Waals surface area contributed by atoms with Gasteiger partial charge in [0.2, 0.25) is 0 Å². The molecule has 0 saturated carbocycles. The molecule has 0 radical (unpaired) electrons. The molecule has 5 heterocycles. The van der Waals surface area contributed by atoms with Crippen LogP contribution in [0.25, 0.3) is 17.0 Å². The number of rotatable bonds is 5. The lowest BCUT2D eigenvalue weighted by atomic mass is 9.96. The van der Waals surface area contributed by atoms with Crippen LogP contribution in [0.2, 0.25) is 0 Å². The van der Waals surface area contributed by atoms with E-state index in [0.29, 0.717) is 6.54 Å². The number of amides is 1. The summed E-state index contributed by atoms with van der Waals surface area (Å²) in [6.07, 6.45) is -0.288. The molecule has 0 aliphatic carbocycles. The Hall–Kier alpha value is -3.32. The summed E-state index contributed by atoms with van der Waals surface area (Å²) >= 11 is 0. The number of imidazole rings is 1. The van der Waals surface area contributed by atoms with Crippen LogP contribution in [0.3, 0.4) is 0 Å². The number of carbonyl (C=O) groups is 1. The Kier molecular flexibility index (Phi) is 5.83. The van der Waals surface area contributed by atoms with E-state index in [1.54, 1.807) is 0 Å². The van der Waals surface area contributed by atoms with Gasteiger partial charge in [-0.3, -0.25) is 9.20 Å². The predicted octanol–water partition coefficient (Wildman–Crippen LogP) is 2.90. The van der Waals surface area contributed by atoms with Gasteiger partial charge in [0.25, 0.3) is 5.91 Å². The van der Waals surface area contributed by atoms with Crippen LogP contribution >= 0.6 is 0 Å². The number of alkyl halides is 3. The van der Waals surface area contributed by atoms with Crippen LogP contribution in [0.1, 0.15) is 23.2 Å². The van der Waals surface area contributed by atoms with Gasteiger partial charge >= 0.3 is 6.18 Å². The highest BCUT2D eigenvalue weighted by Crippen LogP contribution is 2.36. The van der Waals surface area contributed by atoms with E-state index in [9.17, 15) is 26.7 Å². The second kappa shape index (κ2) is 8.72. The van der Waals surface area contributed by atoms with Crippen LogP contribution in [-0.2, 0) is 4.74 Å². The van der Waals surface area contributed by atoms with Crippen molar-refractivity contribution in [3.05, 3.63) is 47.8 Å². The summed E-state index contributed by atoms with van der Waals surface area (Å²) in [5.74, 6) is -2.78. The van der Waals surface area contributed by atoms with E-state index >= 15 is 0 Å². The predicted molar refractivity (Wildman–Crippen MR) is 115 cm³/mol. The van der Waals surface area contributed by atoms with Gasteiger partial charge in [0.05, 0.1) is 25.1 Å². The Bertz CT molecular complexity index is 1270. The average molecular weight is 496 g/mol. The Labute approximate surface area is 195 Å². The molecule has 5 rings (SSSR count). The number of hydrogen-bond donors (Lipinski definition) is 3. The van der Waals surface area contributed by atoms with E-state index in [2.05, 4.69) is 25.3 Å². The lowest BCUT2D eigenvalue weighted by molar-refractivity contribution is -0.263. The summed E-state index contributed by atoms with van der Waals surface area (Å²) < 4.78 is 75.2. The normalized spacial score (nSPS) is 19.9. The number of ether oxygens (including phenoxy) is 1. The van der Waals surface area contributed by atoms with Crippen molar-refractivity contribution in [2.75, 3.05) is 31.6 Å². The van der Waals surface area contributed by atoms with Gasteiger partial charge in [-0.1, -0.05) is 0 Å². The maximum Gasteiger partial charge on any atom is 0.416 e. The third-order valence-corrected chi connectivity index (χ3v) is 6.18. The quantitative estimate of drug-likeness (QED) is 0.471. The smallest absolute Gasteiger partial charge is 0.376 e. The zero-order valence-corrected chi connectivity index (χ0v) is 18.3. The number of fused-ring (bicyclic) bond motifs is 1. The molecule has 3 N–H and O–H groups in total. The number of halogens is 5. The molecule has 8 nitrogen and oxygen atoms in total. The van der Waals surface area contributed by atoms with Crippen LogP contribution < -0.4 is 16.0 Å².